The van der Waals surface area contributed by atoms with Gasteiger partial charge in [0.2, 0.25) is 0 Å². The van der Waals surface area contributed by atoms with Gasteiger partial charge in [0.15, 0.2) is 0 Å². The van der Waals surface area contributed by atoms with Crippen LogP contribution in [0.15, 0.2) is 109 Å². The van der Waals surface area contributed by atoms with Crippen molar-refractivity contribution < 1.29 is 0 Å². The number of nitrogens with zero attached hydrogens (tertiary/aromatic N) is 3. The minimum Gasteiger partial charge on any atom is -0.311 e. The SMILES string of the molecule is CC1(C)CCC(C)(C)c2cc(N(c3cc4c5c(c3)N(c3ccc6c(c3)C(C)(C)CCC6(C)C)c3cc6c(cc3B5c3cc5c(cc3N4c3ccc4c(c3)C(C)(C)CCC4(C)C)C(C)(C)CCC5(C)C)C(C)(C)CCC6(C)C)c3ccc4c(c3)C(C)(C)CCC4(C)C)ccc21. The molecule has 8 aliphatic rings. The van der Waals surface area contributed by atoms with Crippen LogP contribution in [0.4, 0.5) is 51.2 Å². The molecule has 7 aromatic rings. The summed E-state index contributed by atoms with van der Waals surface area (Å²) in [6.07, 6.45) is 14.0. The van der Waals surface area contributed by atoms with Gasteiger partial charge in [0.25, 0.3) is 6.71 Å². The van der Waals surface area contributed by atoms with Crippen LogP contribution in [0.1, 0.15) is 310 Å². The summed E-state index contributed by atoms with van der Waals surface area (Å²) >= 11 is 0. The normalized spacial score (nSPS) is 23.6. The summed E-state index contributed by atoms with van der Waals surface area (Å²) in [5.41, 5.74) is 34.2. The Bertz CT molecular complexity index is 4100. The summed E-state index contributed by atoms with van der Waals surface area (Å²) in [7, 11) is 0. The highest BCUT2D eigenvalue weighted by Gasteiger charge is 2.51. The van der Waals surface area contributed by atoms with Crippen LogP contribution >= 0.6 is 0 Å². The third kappa shape index (κ3) is 9.48. The van der Waals surface area contributed by atoms with Crippen molar-refractivity contribution in [2.45, 2.75) is 308 Å². The lowest BCUT2D eigenvalue weighted by molar-refractivity contribution is 0.332. The Kier molecular flexibility index (Phi) is 13.5. The molecule has 492 valence electrons. The minimum absolute atomic E-state index is 0.00598. The van der Waals surface area contributed by atoms with E-state index < -0.39 is 0 Å². The highest BCUT2D eigenvalue weighted by atomic mass is 15.2. The molecular weight excluding hydrogens is 1130 g/mol. The molecule has 0 amide bonds. The summed E-state index contributed by atoms with van der Waals surface area (Å²) in [6, 6.07) is 47.4. The van der Waals surface area contributed by atoms with Gasteiger partial charge in [-0.2, -0.15) is 0 Å². The smallest absolute Gasteiger partial charge is 0.252 e. The highest BCUT2D eigenvalue weighted by Crippen LogP contribution is 2.59. The van der Waals surface area contributed by atoms with Gasteiger partial charge in [-0.05, 0) is 298 Å². The summed E-state index contributed by atoms with van der Waals surface area (Å²) < 4.78 is 0. The van der Waals surface area contributed by atoms with Crippen molar-refractivity contribution in [3.8, 4) is 0 Å². The molecule has 0 radical (unpaired) electrons. The summed E-state index contributed by atoms with van der Waals surface area (Å²) in [5.74, 6) is 0. The highest BCUT2D eigenvalue weighted by molar-refractivity contribution is 7.00. The first kappa shape index (κ1) is 64.0. The van der Waals surface area contributed by atoms with E-state index in [1.807, 2.05) is 0 Å². The summed E-state index contributed by atoms with van der Waals surface area (Å²) in [4.78, 5) is 8.38. The van der Waals surface area contributed by atoms with Crippen molar-refractivity contribution >= 4 is 74.3 Å². The summed E-state index contributed by atoms with van der Waals surface area (Å²) in [5, 5.41) is 0. The van der Waals surface area contributed by atoms with Gasteiger partial charge < -0.3 is 14.7 Å². The predicted octanol–water partition coefficient (Wildman–Crippen LogP) is 23.3. The van der Waals surface area contributed by atoms with Crippen LogP contribution in [0.5, 0.6) is 0 Å². The molecule has 2 aliphatic heterocycles. The average molecular weight is 1250 g/mol. The van der Waals surface area contributed by atoms with Crippen LogP contribution in [0.25, 0.3) is 0 Å². The van der Waals surface area contributed by atoms with Gasteiger partial charge in [-0.15, -0.1) is 0 Å². The molecule has 15 rings (SSSR count). The molecule has 0 N–H and O–H groups in total. The Morgan fingerprint density at radius 2 is 0.468 bits per heavy atom. The second-order valence-corrected chi connectivity index (χ2v) is 39.8. The van der Waals surface area contributed by atoms with Crippen molar-refractivity contribution in [3.05, 3.63) is 176 Å². The molecule has 0 bridgehead atoms. The summed E-state index contributed by atoms with van der Waals surface area (Å²) in [6.45, 7) is 60.3. The van der Waals surface area contributed by atoms with Crippen LogP contribution in [-0.2, 0) is 65.0 Å². The first-order valence-electron chi connectivity index (χ1n) is 37.0. The topological polar surface area (TPSA) is 9.72 Å². The number of rotatable bonds is 5. The number of hydrogen-bond acceptors (Lipinski definition) is 3. The van der Waals surface area contributed by atoms with Gasteiger partial charge in [-0.25, -0.2) is 0 Å². The molecular formula is C90H114BN3. The molecule has 4 heteroatoms. The molecule has 6 aliphatic carbocycles. The van der Waals surface area contributed by atoms with E-state index in [4.69, 9.17) is 0 Å². The standard InChI is InChI=1S/C90H114BN3/c1-79(2)33-37-83(9,10)64-45-55(25-29-60(64)79)92(56-26-30-61-65(46-56)84(11,12)38-34-80(61,3)4)59-49-76-78-77(50-59)94(58-28-32-63-67(48-58)86(15,16)40-36-82(63,7)8)75-54-71-69(88(19,20)42-44-90(71,23)24)52-73(75)91(78)72-51-68-70(89(21,22)43-41-87(68,17)18)53-74(72)93(76)57-27-31-62-66(47-57)85(13,14)39-35-81(62,5)6/h25-32,45-54H,33-44H2,1-24H3. The maximum Gasteiger partial charge on any atom is 0.252 e. The quantitative estimate of drug-likeness (QED) is 0.159. The van der Waals surface area contributed by atoms with Crippen LogP contribution in [-0.4, -0.2) is 6.71 Å². The Morgan fingerprint density at radius 1 is 0.234 bits per heavy atom. The van der Waals surface area contributed by atoms with Crippen molar-refractivity contribution in [1.82, 2.24) is 0 Å². The molecule has 0 atom stereocenters. The first-order valence-corrected chi connectivity index (χ1v) is 37.0. The molecule has 0 saturated heterocycles. The second kappa shape index (κ2) is 19.9. The average Bonchev–Trinajstić information content (AvgIpc) is 0.681. The lowest BCUT2D eigenvalue weighted by Gasteiger charge is -2.49. The van der Waals surface area contributed by atoms with Crippen LogP contribution in [0.2, 0.25) is 0 Å². The van der Waals surface area contributed by atoms with Crippen LogP contribution < -0.4 is 31.1 Å². The van der Waals surface area contributed by atoms with Crippen molar-refractivity contribution in [2.24, 2.45) is 0 Å². The van der Waals surface area contributed by atoms with E-state index in [-0.39, 0.29) is 71.7 Å². The predicted molar refractivity (Wildman–Crippen MR) is 407 cm³/mol. The number of hydrogen-bond donors (Lipinski definition) is 0. The Hall–Kier alpha value is -6.00. The molecule has 2 heterocycles. The fourth-order valence-corrected chi connectivity index (χ4v) is 20.1. The fourth-order valence-electron chi connectivity index (χ4n) is 20.1. The first-order chi connectivity index (χ1) is 43.5. The molecule has 7 aromatic carbocycles. The molecule has 0 fully saturated rings. The largest absolute Gasteiger partial charge is 0.311 e. The van der Waals surface area contributed by atoms with E-state index in [1.165, 1.54) is 160 Å². The van der Waals surface area contributed by atoms with Gasteiger partial charge >= 0.3 is 0 Å². The second-order valence-electron chi connectivity index (χ2n) is 39.8. The zero-order valence-electron chi connectivity index (χ0n) is 62.8. The number of anilines is 9. The van der Waals surface area contributed by atoms with Gasteiger partial charge in [0.05, 0.1) is 5.69 Å². The van der Waals surface area contributed by atoms with Gasteiger partial charge in [0, 0.05) is 45.5 Å². The van der Waals surface area contributed by atoms with Gasteiger partial charge in [0.1, 0.15) is 0 Å². The fraction of sp³-hybridized carbons (Fsp3) is 0.533. The van der Waals surface area contributed by atoms with Crippen LogP contribution in [0.3, 0.4) is 0 Å². The van der Waals surface area contributed by atoms with Crippen LogP contribution in [0, 0.1) is 0 Å². The van der Waals surface area contributed by atoms with E-state index in [1.54, 1.807) is 0 Å². The molecule has 94 heavy (non-hydrogen) atoms. The lowest BCUT2D eigenvalue weighted by atomic mass is 9.32. The lowest BCUT2D eigenvalue weighted by Crippen LogP contribution is -2.62. The third-order valence-electron chi connectivity index (χ3n) is 27.6. The van der Waals surface area contributed by atoms with Gasteiger partial charge in [-0.3, -0.25) is 0 Å². The molecule has 0 saturated carbocycles. The molecule has 3 nitrogen and oxygen atoms in total. The van der Waals surface area contributed by atoms with E-state index in [9.17, 15) is 0 Å². The molecule has 0 aromatic heterocycles. The van der Waals surface area contributed by atoms with Crippen molar-refractivity contribution in [2.75, 3.05) is 14.7 Å². The third-order valence-corrected chi connectivity index (χ3v) is 27.6. The van der Waals surface area contributed by atoms with Gasteiger partial charge in [-0.1, -0.05) is 203 Å². The number of fused-ring (bicyclic) bond motifs is 10. The Labute approximate surface area is 569 Å². The zero-order valence-corrected chi connectivity index (χ0v) is 62.8. The van der Waals surface area contributed by atoms with E-state index >= 15 is 0 Å². The Balaban J connectivity index is 1.13. The maximum absolute atomic E-state index is 2.83. The number of benzene rings is 7. The van der Waals surface area contributed by atoms with E-state index in [2.05, 4.69) is 290 Å². The minimum atomic E-state index is -0.0400. The molecule has 0 spiro atoms. The monoisotopic (exact) mass is 1250 g/mol. The maximum atomic E-state index is 2.83. The van der Waals surface area contributed by atoms with Crippen molar-refractivity contribution in [1.29, 1.82) is 0 Å². The molecule has 0 unspecified atom stereocenters. The Morgan fingerprint density at radius 3 is 0.755 bits per heavy atom. The van der Waals surface area contributed by atoms with E-state index in [0.717, 1.165) is 51.4 Å². The van der Waals surface area contributed by atoms with Crippen molar-refractivity contribution in [3.63, 3.8) is 0 Å². The van der Waals surface area contributed by atoms with E-state index in [0.29, 0.717) is 0 Å². The zero-order chi connectivity index (χ0) is 67.4.